The molecule has 2 aromatic carbocycles. The van der Waals surface area contributed by atoms with Crippen molar-refractivity contribution >= 4 is 10.9 Å². The van der Waals surface area contributed by atoms with Crippen LogP contribution in [0.5, 0.6) is 5.75 Å². The first-order valence-electron chi connectivity index (χ1n) is 8.73. The molecule has 0 saturated heterocycles. The van der Waals surface area contributed by atoms with Crippen molar-refractivity contribution in [2.75, 3.05) is 0 Å². The van der Waals surface area contributed by atoms with Gasteiger partial charge in [0.15, 0.2) is 0 Å². The van der Waals surface area contributed by atoms with Crippen LogP contribution < -0.4 is 4.74 Å². The van der Waals surface area contributed by atoms with Gasteiger partial charge in [-0.15, -0.1) is 0 Å². The van der Waals surface area contributed by atoms with E-state index < -0.39 is 0 Å². The van der Waals surface area contributed by atoms with E-state index in [-0.39, 0.29) is 6.10 Å². The van der Waals surface area contributed by atoms with Crippen LogP contribution in [0.15, 0.2) is 79.1 Å². The first kappa shape index (κ1) is 16.3. The topological polar surface area (TPSA) is 35.0 Å². The molecule has 0 spiro atoms. The summed E-state index contributed by atoms with van der Waals surface area (Å²) in [6.45, 7) is 4.07. The number of benzene rings is 2. The molecule has 0 saturated carbocycles. The smallest absolute Gasteiger partial charge is 0.121 e. The zero-order valence-corrected chi connectivity index (χ0v) is 14.9. The fraction of sp³-hybridized carbons (Fsp3) is 0.130. The average molecular weight is 340 g/mol. The number of ether oxygens (including phenoxy) is 1. The Kier molecular flexibility index (Phi) is 4.36. The summed E-state index contributed by atoms with van der Waals surface area (Å²) >= 11 is 0. The van der Waals surface area contributed by atoms with Gasteiger partial charge >= 0.3 is 0 Å². The minimum Gasteiger partial charge on any atom is -0.486 e. The minimum absolute atomic E-state index is 0.0335. The van der Waals surface area contributed by atoms with Crippen LogP contribution in [-0.4, -0.2) is 9.97 Å². The molecule has 2 heterocycles. The van der Waals surface area contributed by atoms with E-state index in [0.29, 0.717) is 0 Å². The lowest BCUT2D eigenvalue weighted by Crippen LogP contribution is -2.03. The van der Waals surface area contributed by atoms with Crippen molar-refractivity contribution in [3.8, 4) is 16.9 Å². The molecule has 0 amide bonds. The fourth-order valence-electron chi connectivity index (χ4n) is 3.03. The van der Waals surface area contributed by atoms with E-state index in [0.717, 1.165) is 39.0 Å². The van der Waals surface area contributed by atoms with Crippen molar-refractivity contribution in [1.82, 2.24) is 9.97 Å². The Morgan fingerprint density at radius 1 is 0.885 bits per heavy atom. The molecule has 0 N–H and O–H groups in total. The van der Waals surface area contributed by atoms with Crippen molar-refractivity contribution < 1.29 is 4.74 Å². The summed E-state index contributed by atoms with van der Waals surface area (Å²) in [6, 6.07) is 22.6. The Morgan fingerprint density at radius 3 is 2.50 bits per heavy atom. The van der Waals surface area contributed by atoms with Gasteiger partial charge in [0.1, 0.15) is 11.9 Å². The van der Waals surface area contributed by atoms with Gasteiger partial charge in [-0.3, -0.25) is 9.97 Å². The Hall–Kier alpha value is -3.20. The maximum atomic E-state index is 6.14. The third kappa shape index (κ3) is 3.42. The maximum Gasteiger partial charge on any atom is 0.121 e. The first-order valence-corrected chi connectivity index (χ1v) is 8.73. The lowest BCUT2D eigenvalue weighted by atomic mass is 10.0. The fourth-order valence-corrected chi connectivity index (χ4v) is 3.03. The van der Waals surface area contributed by atoms with E-state index in [9.17, 15) is 0 Å². The van der Waals surface area contributed by atoms with Crippen molar-refractivity contribution in [3.63, 3.8) is 0 Å². The van der Waals surface area contributed by atoms with E-state index in [4.69, 9.17) is 4.74 Å². The van der Waals surface area contributed by atoms with Gasteiger partial charge in [-0.05, 0) is 60.9 Å². The predicted molar refractivity (Wildman–Crippen MR) is 105 cm³/mol. The number of rotatable bonds is 4. The molecular formula is C23H20N2O. The Labute approximate surface area is 153 Å². The second kappa shape index (κ2) is 6.96. The molecule has 3 nitrogen and oxygen atoms in total. The molecule has 0 radical (unpaired) electrons. The lowest BCUT2D eigenvalue weighted by molar-refractivity contribution is 0.227. The Balaban J connectivity index is 1.52. The van der Waals surface area contributed by atoms with E-state index in [1.807, 2.05) is 43.5 Å². The van der Waals surface area contributed by atoms with Crippen LogP contribution in [0.2, 0.25) is 0 Å². The molecule has 4 aromatic rings. The Bertz CT molecular complexity index is 1030. The van der Waals surface area contributed by atoms with Crippen LogP contribution in [-0.2, 0) is 0 Å². The number of aromatic nitrogens is 2. The third-order valence-corrected chi connectivity index (χ3v) is 4.49. The number of aryl methyl sites for hydroxylation is 1. The molecule has 2 aromatic heterocycles. The molecule has 128 valence electrons. The largest absolute Gasteiger partial charge is 0.486 e. The van der Waals surface area contributed by atoms with Gasteiger partial charge < -0.3 is 4.74 Å². The first-order chi connectivity index (χ1) is 12.7. The van der Waals surface area contributed by atoms with Gasteiger partial charge in [-0.25, -0.2) is 0 Å². The highest BCUT2D eigenvalue weighted by Gasteiger charge is 2.09. The minimum atomic E-state index is -0.0335. The van der Waals surface area contributed by atoms with Crippen molar-refractivity contribution in [3.05, 3.63) is 90.4 Å². The zero-order valence-electron chi connectivity index (χ0n) is 14.9. The van der Waals surface area contributed by atoms with E-state index >= 15 is 0 Å². The van der Waals surface area contributed by atoms with Gasteiger partial charge in [0.2, 0.25) is 0 Å². The summed E-state index contributed by atoms with van der Waals surface area (Å²) in [5, 5.41) is 1.09. The molecule has 1 atom stereocenters. The van der Waals surface area contributed by atoms with Crippen LogP contribution in [0.3, 0.4) is 0 Å². The molecule has 4 rings (SSSR count). The number of pyridine rings is 2. The molecule has 0 bridgehead atoms. The lowest BCUT2D eigenvalue weighted by Gasteiger charge is -2.16. The molecule has 26 heavy (non-hydrogen) atoms. The number of hydrogen-bond donors (Lipinski definition) is 0. The van der Waals surface area contributed by atoms with Gasteiger partial charge in [-0.2, -0.15) is 0 Å². The molecule has 0 aliphatic carbocycles. The quantitative estimate of drug-likeness (QED) is 0.475. The summed E-state index contributed by atoms with van der Waals surface area (Å²) in [7, 11) is 0. The van der Waals surface area contributed by atoms with E-state index in [2.05, 4.69) is 53.3 Å². The molecular weight excluding hydrogens is 320 g/mol. The molecule has 0 aliphatic heterocycles. The van der Waals surface area contributed by atoms with Crippen LogP contribution in [0.1, 0.15) is 24.3 Å². The molecule has 1 unspecified atom stereocenters. The molecule has 0 fully saturated rings. The van der Waals surface area contributed by atoms with Gasteiger partial charge in [-0.1, -0.05) is 36.4 Å². The summed E-state index contributed by atoms with van der Waals surface area (Å²) < 4.78 is 6.14. The van der Waals surface area contributed by atoms with Crippen LogP contribution in [0.4, 0.5) is 0 Å². The standard InChI is InChI=1S/C23H20N2O/c1-16-5-6-20-14-22(11-12-23(20)25-16)26-17(2)18-7-9-19(10-8-18)21-4-3-13-24-15-21/h3-15,17H,1-2H3. The molecule has 3 heteroatoms. The van der Waals surface area contributed by atoms with Gasteiger partial charge in [0, 0.05) is 23.5 Å². The highest BCUT2D eigenvalue weighted by Crippen LogP contribution is 2.27. The summed E-state index contributed by atoms with van der Waals surface area (Å²) in [5.41, 5.74) is 5.42. The van der Waals surface area contributed by atoms with Crippen LogP contribution in [0.25, 0.3) is 22.0 Å². The van der Waals surface area contributed by atoms with Crippen molar-refractivity contribution in [2.24, 2.45) is 0 Å². The Morgan fingerprint density at radius 2 is 1.73 bits per heavy atom. The average Bonchev–Trinajstić information content (AvgIpc) is 2.69. The second-order valence-electron chi connectivity index (χ2n) is 6.43. The van der Waals surface area contributed by atoms with Gasteiger partial charge in [0.05, 0.1) is 5.52 Å². The van der Waals surface area contributed by atoms with E-state index in [1.54, 1.807) is 6.20 Å². The number of fused-ring (bicyclic) bond motifs is 1. The summed E-state index contributed by atoms with van der Waals surface area (Å²) in [4.78, 5) is 8.71. The normalized spacial score (nSPS) is 12.1. The highest BCUT2D eigenvalue weighted by atomic mass is 16.5. The highest BCUT2D eigenvalue weighted by molar-refractivity contribution is 5.80. The van der Waals surface area contributed by atoms with E-state index in [1.165, 1.54) is 0 Å². The van der Waals surface area contributed by atoms with Crippen molar-refractivity contribution in [1.29, 1.82) is 0 Å². The zero-order chi connectivity index (χ0) is 17.9. The number of nitrogens with zero attached hydrogens (tertiary/aromatic N) is 2. The summed E-state index contributed by atoms with van der Waals surface area (Å²) in [6.07, 6.45) is 3.63. The van der Waals surface area contributed by atoms with Crippen LogP contribution in [0, 0.1) is 6.92 Å². The summed E-state index contributed by atoms with van der Waals surface area (Å²) in [5.74, 6) is 0.854. The molecule has 0 aliphatic rings. The van der Waals surface area contributed by atoms with Crippen LogP contribution >= 0.6 is 0 Å². The number of hydrogen-bond acceptors (Lipinski definition) is 3. The SMILES string of the molecule is Cc1ccc2cc(OC(C)c3ccc(-c4cccnc4)cc3)ccc2n1. The third-order valence-electron chi connectivity index (χ3n) is 4.49. The maximum absolute atomic E-state index is 6.14. The monoisotopic (exact) mass is 340 g/mol. The van der Waals surface area contributed by atoms with Gasteiger partial charge in [0.25, 0.3) is 0 Å². The van der Waals surface area contributed by atoms with Crippen molar-refractivity contribution in [2.45, 2.75) is 20.0 Å². The predicted octanol–water partition coefficient (Wildman–Crippen LogP) is 5.75. The second-order valence-corrected chi connectivity index (χ2v) is 6.43.